The standard InChI is InChI=1S/C12H22N4/c1-4-16(9-5-8-15(2)3)12-6-7-14-10-11(12)13/h6-7,10H,4-5,8-9,13H2,1-3H3. The van der Waals surface area contributed by atoms with Crippen LogP contribution in [0.25, 0.3) is 0 Å². The van der Waals surface area contributed by atoms with Crippen LogP contribution in [0.2, 0.25) is 0 Å². The van der Waals surface area contributed by atoms with E-state index in [0.29, 0.717) is 0 Å². The lowest BCUT2D eigenvalue weighted by molar-refractivity contribution is 0.400. The molecule has 0 aromatic carbocycles. The number of rotatable bonds is 6. The summed E-state index contributed by atoms with van der Waals surface area (Å²) in [4.78, 5) is 8.50. The summed E-state index contributed by atoms with van der Waals surface area (Å²) in [7, 11) is 4.19. The lowest BCUT2D eigenvalue weighted by Gasteiger charge is -2.24. The van der Waals surface area contributed by atoms with E-state index in [0.717, 1.165) is 37.4 Å². The van der Waals surface area contributed by atoms with Gasteiger partial charge in [0.15, 0.2) is 0 Å². The Hall–Kier alpha value is -1.29. The zero-order valence-electron chi connectivity index (χ0n) is 10.5. The summed E-state index contributed by atoms with van der Waals surface area (Å²) in [5, 5.41) is 0. The van der Waals surface area contributed by atoms with Crippen LogP contribution in [-0.4, -0.2) is 43.6 Å². The monoisotopic (exact) mass is 222 g/mol. The number of nitrogen functional groups attached to an aromatic ring is 1. The van der Waals surface area contributed by atoms with E-state index in [-0.39, 0.29) is 0 Å². The molecule has 0 aliphatic carbocycles. The maximum atomic E-state index is 5.91. The average molecular weight is 222 g/mol. The summed E-state index contributed by atoms with van der Waals surface area (Å²) in [5.74, 6) is 0. The zero-order chi connectivity index (χ0) is 12.0. The first-order chi connectivity index (χ1) is 7.65. The van der Waals surface area contributed by atoms with Gasteiger partial charge in [-0.2, -0.15) is 0 Å². The molecule has 1 heterocycles. The number of hydrogen-bond donors (Lipinski definition) is 1. The smallest absolute Gasteiger partial charge is 0.0738 e. The van der Waals surface area contributed by atoms with Gasteiger partial charge in [-0.1, -0.05) is 0 Å². The number of hydrogen-bond acceptors (Lipinski definition) is 4. The highest BCUT2D eigenvalue weighted by Gasteiger charge is 2.07. The quantitative estimate of drug-likeness (QED) is 0.791. The largest absolute Gasteiger partial charge is 0.396 e. The molecule has 0 radical (unpaired) electrons. The second-order valence-corrected chi connectivity index (χ2v) is 4.17. The third-order valence-corrected chi connectivity index (χ3v) is 2.58. The molecule has 16 heavy (non-hydrogen) atoms. The minimum Gasteiger partial charge on any atom is -0.396 e. The van der Waals surface area contributed by atoms with Gasteiger partial charge >= 0.3 is 0 Å². The molecule has 0 atom stereocenters. The van der Waals surface area contributed by atoms with Gasteiger partial charge in [-0.05, 0) is 40.1 Å². The molecule has 0 aliphatic rings. The summed E-state index contributed by atoms with van der Waals surface area (Å²) in [5.41, 5.74) is 7.77. The van der Waals surface area contributed by atoms with Crippen molar-refractivity contribution < 1.29 is 0 Å². The molecule has 90 valence electrons. The van der Waals surface area contributed by atoms with Crippen molar-refractivity contribution in [2.75, 3.05) is 44.4 Å². The van der Waals surface area contributed by atoms with Crippen LogP contribution in [0, 0.1) is 0 Å². The highest BCUT2D eigenvalue weighted by Crippen LogP contribution is 2.20. The fourth-order valence-electron chi connectivity index (χ4n) is 1.71. The number of aromatic nitrogens is 1. The first-order valence-electron chi connectivity index (χ1n) is 5.74. The van der Waals surface area contributed by atoms with Gasteiger partial charge in [-0.3, -0.25) is 4.98 Å². The Balaban J connectivity index is 2.57. The molecule has 1 aromatic rings. The van der Waals surface area contributed by atoms with E-state index in [2.05, 4.69) is 35.8 Å². The summed E-state index contributed by atoms with van der Waals surface area (Å²) in [6.07, 6.45) is 4.65. The molecule has 0 spiro atoms. The Morgan fingerprint density at radius 3 is 2.62 bits per heavy atom. The van der Waals surface area contributed by atoms with E-state index >= 15 is 0 Å². The third-order valence-electron chi connectivity index (χ3n) is 2.58. The molecule has 0 saturated carbocycles. The summed E-state index contributed by atoms with van der Waals surface area (Å²) in [6, 6.07) is 1.98. The van der Waals surface area contributed by atoms with Crippen molar-refractivity contribution in [3.8, 4) is 0 Å². The Morgan fingerprint density at radius 2 is 2.06 bits per heavy atom. The molecule has 0 unspecified atom stereocenters. The van der Waals surface area contributed by atoms with Gasteiger partial charge in [-0.25, -0.2) is 0 Å². The molecule has 1 rings (SSSR count). The molecule has 2 N–H and O–H groups in total. The second-order valence-electron chi connectivity index (χ2n) is 4.17. The van der Waals surface area contributed by atoms with Crippen molar-refractivity contribution >= 4 is 11.4 Å². The van der Waals surface area contributed by atoms with Gasteiger partial charge < -0.3 is 15.5 Å². The molecular formula is C12H22N4. The van der Waals surface area contributed by atoms with Crippen molar-refractivity contribution in [2.45, 2.75) is 13.3 Å². The minimum absolute atomic E-state index is 0.759. The fraction of sp³-hybridized carbons (Fsp3) is 0.583. The Kier molecular flexibility index (Phi) is 5.05. The molecule has 1 aromatic heterocycles. The minimum atomic E-state index is 0.759. The van der Waals surface area contributed by atoms with Crippen LogP contribution < -0.4 is 10.6 Å². The second kappa shape index (κ2) is 6.33. The maximum Gasteiger partial charge on any atom is 0.0738 e. The van der Waals surface area contributed by atoms with Crippen molar-refractivity contribution in [2.24, 2.45) is 0 Å². The summed E-state index contributed by atoms with van der Waals surface area (Å²) >= 11 is 0. The summed E-state index contributed by atoms with van der Waals surface area (Å²) in [6.45, 7) is 5.25. The van der Waals surface area contributed by atoms with Crippen LogP contribution in [0.1, 0.15) is 13.3 Å². The van der Waals surface area contributed by atoms with Crippen LogP contribution in [0.15, 0.2) is 18.5 Å². The Labute approximate surface area is 98.1 Å². The first-order valence-corrected chi connectivity index (χ1v) is 5.74. The number of nitrogens with two attached hydrogens (primary N) is 1. The van der Waals surface area contributed by atoms with Crippen molar-refractivity contribution in [1.82, 2.24) is 9.88 Å². The van der Waals surface area contributed by atoms with Crippen molar-refractivity contribution in [1.29, 1.82) is 0 Å². The lowest BCUT2D eigenvalue weighted by Crippen LogP contribution is -2.27. The number of anilines is 2. The molecule has 0 fully saturated rings. The van der Waals surface area contributed by atoms with Gasteiger partial charge in [0.25, 0.3) is 0 Å². The molecule has 0 saturated heterocycles. The molecule has 0 amide bonds. The summed E-state index contributed by atoms with van der Waals surface area (Å²) < 4.78 is 0. The first kappa shape index (κ1) is 12.8. The van der Waals surface area contributed by atoms with Crippen LogP contribution in [0.4, 0.5) is 11.4 Å². The molecule has 4 nitrogen and oxygen atoms in total. The normalized spacial score (nSPS) is 10.8. The van der Waals surface area contributed by atoms with Crippen LogP contribution in [0.5, 0.6) is 0 Å². The molecular weight excluding hydrogens is 200 g/mol. The molecule has 0 aliphatic heterocycles. The number of pyridine rings is 1. The van der Waals surface area contributed by atoms with E-state index in [1.54, 1.807) is 12.4 Å². The van der Waals surface area contributed by atoms with E-state index in [4.69, 9.17) is 5.73 Å². The van der Waals surface area contributed by atoms with Gasteiger partial charge in [0, 0.05) is 19.3 Å². The van der Waals surface area contributed by atoms with Crippen LogP contribution >= 0.6 is 0 Å². The zero-order valence-corrected chi connectivity index (χ0v) is 10.5. The van der Waals surface area contributed by atoms with Gasteiger partial charge in [0.2, 0.25) is 0 Å². The highest BCUT2D eigenvalue weighted by atomic mass is 15.1. The predicted octanol–water partition coefficient (Wildman–Crippen LogP) is 1.44. The van der Waals surface area contributed by atoms with E-state index in [1.807, 2.05) is 6.07 Å². The van der Waals surface area contributed by atoms with Crippen LogP contribution in [-0.2, 0) is 0 Å². The van der Waals surface area contributed by atoms with Gasteiger partial charge in [0.05, 0.1) is 17.6 Å². The fourth-order valence-corrected chi connectivity index (χ4v) is 1.71. The average Bonchev–Trinajstić information content (AvgIpc) is 2.25. The third kappa shape index (κ3) is 3.70. The van der Waals surface area contributed by atoms with Crippen LogP contribution in [0.3, 0.4) is 0 Å². The van der Waals surface area contributed by atoms with E-state index in [1.165, 1.54) is 0 Å². The molecule has 4 heteroatoms. The molecule has 0 bridgehead atoms. The van der Waals surface area contributed by atoms with Crippen molar-refractivity contribution in [3.63, 3.8) is 0 Å². The predicted molar refractivity (Wildman–Crippen MR) is 69.7 cm³/mol. The Bertz CT molecular complexity index is 312. The van der Waals surface area contributed by atoms with E-state index in [9.17, 15) is 0 Å². The van der Waals surface area contributed by atoms with Crippen molar-refractivity contribution in [3.05, 3.63) is 18.5 Å². The van der Waals surface area contributed by atoms with Gasteiger partial charge in [0.1, 0.15) is 0 Å². The highest BCUT2D eigenvalue weighted by molar-refractivity contribution is 5.65. The Morgan fingerprint density at radius 1 is 1.31 bits per heavy atom. The lowest BCUT2D eigenvalue weighted by atomic mass is 10.2. The maximum absolute atomic E-state index is 5.91. The van der Waals surface area contributed by atoms with Gasteiger partial charge in [-0.15, -0.1) is 0 Å². The SMILES string of the molecule is CCN(CCCN(C)C)c1ccncc1N. The topological polar surface area (TPSA) is 45.4 Å². The number of nitrogens with zero attached hydrogens (tertiary/aromatic N) is 3. The van der Waals surface area contributed by atoms with E-state index < -0.39 is 0 Å².